The van der Waals surface area contributed by atoms with Crippen molar-refractivity contribution in [2.45, 2.75) is 18.5 Å². The van der Waals surface area contributed by atoms with Gasteiger partial charge < -0.3 is 5.11 Å². The van der Waals surface area contributed by atoms with E-state index in [1.54, 1.807) is 30.3 Å². The first-order valence-electron chi connectivity index (χ1n) is 8.87. The number of hydrogen-bond donors (Lipinski definition) is 1. The summed E-state index contributed by atoms with van der Waals surface area (Å²) in [6.07, 6.45) is -0.0895. The molecule has 0 aliphatic carbocycles. The van der Waals surface area contributed by atoms with E-state index < -0.39 is 28.9 Å². The minimum Gasteiger partial charge on any atom is -0.478 e. The monoisotopic (exact) mass is 392 g/mol. The number of carbonyl (C=O) groups is 2. The average Bonchev–Trinajstić information content (AvgIpc) is 3.07. The first-order valence-corrected chi connectivity index (χ1v) is 8.87. The maximum atomic E-state index is 14.0. The summed E-state index contributed by atoms with van der Waals surface area (Å²) in [5.74, 6) is -2.42. The van der Waals surface area contributed by atoms with Gasteiger partial charge in [-0.2, -0.15) is 10.1 Å². The molecule has 0 spiro atoms. The minimum absolute atomic E-state index is 0.0307. The van der Waals surface area contributed by atoms with Crippen LogP contribution in [-0.4, -0.2) is 31.7 Å². The SMILES string of the molecule is O=C1CCC2(C(=O)O)N1c1ccc(F)cc1-c1nc(=O)c(-c3ccccc3)nn12. The third kappa shape index (κ3) is 2.21. The molecule has 2 aliphatic rings. The van der Waals surface area contributed by atoms with Gasteiger partial charge in [-0.05, 0) is 18.2 Å². The first-order chi connectivity index (χ1) is 13.9. The Balaban J connectivity index is 1.90. The number of hydrogen-bond acceptors (Lipinski definition) is 5. The fourth-order valence-corrected chi connectivity index (χ4v) is 4.02. The second-order valence-corrected chi connectivity index (χ2v) is 6.88. The number of nitrogens with zero attached hydrogens (tertiary/aromatic N) is 4. The average molecular weight is 392 g/mol. The number of rotatable bonds is 2. The van der Waals surface area contributed by atoms with Crippen molar-refractivity contribution in [1.29, 1.82) is 0 Å². The summed E-state index contributed by atoms with van der Waals surface area (Å²) < 4.78 is 15.0. The summed E-state index contributed by atoms with van der Waals surface area (Å²) in [6.45, 7) is 0. The first kappa shape index (κ1) is 17.2. The number of amides is 1. The number of aromatic nitrogens is 3. The smallest absolute Gasteiger partial charge is 0.353 e. The molecule has 2 aromatic carbocycles. The lowest BCUT2D eigenvalue weighted by Crippen LogP contribution is -2.58. The Labute approximate surface area is 162 Å². The van der Waals surface area contributed by atoms with E-state index in [4.69, 9.17) is 0 Å². The van der Waals surface area contributed by atoms with Crippen LogP contribution in [0.15, 0.2) is 53.3 Å². The van der Waals surface area contributed by atoms with Crippen molar-refractivity contribution in [2.75, 3.05) is 4.90 Å². The van der Waals surface area contributed by atoms with Gasteiger partial charge in [0.25, 0.3) is 5.56 Å². The number of benzene rings is 2. The maximum Gasteiger partial charge on any atom is 0.353 e. The Bertz CT molecular complexity index is 1260. The van der Waals surface area contributed by atoms with Gasteiger partial charge in [0, 0.05) is 24.0 Å². The molecule has 2 aliphatic heterocycles. The molecule has 0 radical (unpaired) electrons. The van der Waals surface area contributed by atoms with Crippen molar-refractivity contribution >= 4 is 17.6 Å². The Morgan fingerprint density at radius 1 is 1.14 bits per heavy atom. The highest BCUT2D eigenvalue weighted by Gasteiger charge is 2.58. The highest BCUT2D eigenvalue weighted by Crippen LogP contribution is 2.48. The van der Waals surface area contributed by atoms with Crippen LogP contribution in [0.2, 0.25) is 0 Å². The van der Waals surface area contributed by atoms with Gasteiger partial charge in [0.15, 0.2) is 11.5 Å². The molecule has 0 saturated carbocycles. The molecule has 1 unspecified atom stereocenters. The van der Waals surface area contributed by atoms with Crippen LogP contribution in [0.3, 0.4) is 0 Å². The van der Waals surface area contributed by atoms with Gasteiger partial charge in [-0.15, -0.1) is 0 Å². The fraction of sp³-hybridized carbons (Fsp3) is 0.150. The quantitative estimate of drug-likeness (QED) is 0.715. The molecule has 1 saturated heterocycles. The van der Waals surface area contributed by atoms with Crippen molar-refractivity contribution in [2.24, 2.45) is 0 Å². The summed E-state index contributed by atoms with van der Waals surface area (Å²) in [7, 11) is 0. The van der Waals surface area contributed by atoms with E-state index in [-0.39, 0.29) is 35.6 Å². The predicted octanol–water partition coefficient (Wildman–Crippen LogP) is 1.99. The van der Waals surface area contributed by atoms with Crippen LogP contribution in [0.5, 0.6) is 0 Å². The number of fused-ring (bicyclic) bond motifs is 6. The van der Waals surface area contributed by atoms with E-state index in [0.29, 0.717) is 5.56 Å². The van der Waals surface area contributed by atoms with Gasteiger partial charge in [0.2, 0.25) is 11.6 Å². The molecular formula is C20H13FN4O4. The molecule has 1 amide bonds. The van der Waals surface area contributed by atoms with Crippen LogP contribution in [-0.2, 0) is 15.3 Å². The molecule has 29 heavy (non-hydrogen) atoms. The number of carboxylic acids is 1. The van der Waals surface area contributed by atoms with E-state index in [0.717, 1.165) is 21.7 Å². The minimum atomic E-state index is -1.87. The number of anilines is 1. The number of aliphatic carboxylic acids is 1. The van der Waals surface area contributed by atoms with Gasteiger partial charge in [-0.25, -0.2) is 13.9 Å². The number of carbonyl (C=O) groups excluding carboxylic acids is 1. The third-order valence-corrected chi connectivity index (χ3v) is 5.30. The van der Waals surface area contributed by atoms with Gasteiger partial charge in [-0.3, -0.25) is 14.5 Å². The lowest BCUT2D eigenvalue weighted by atomic mass is 10.00. The molecule has 1 atom stereocenters. The van der Waals surface area contributed by atoms with E-state index in [1.165, 1.54) is 6.07 Å². The number of carboxylic acid groups (broad SMARTS) is 1. The van der Waals surface area contributed by atoms with Crippen LogP contribution in [0.4, 0.5) is 10.1 Å². The molecule has 9 heteroatoms. The van der Waals surface area contributed by atoms with Crippen LogP contribution < -0.4 is 10.5 Å². The highest BCUT2D eigenvalue weighted by molar-refractivity contribution is 6.07. The summed E-state index contributed by atoms with van der Waals surface area (Å²) in [6, 6.07) is 12.1. The molecule has 1 aromatic heterocycles. The van der Waals surface area contributed by atoms with Gasteiger partial charge >= 0.3 is 5.97 Å². The lowest BCUT2D eigenvalue weighted by Gasteiger charge is -2.41. The summed E-state index contributed by atoms with van der Waals surface area (Å²) in [4.78, 5) is 43.0. The van der Waals surface area contributed by atoms with Gasteiger partial charge in [0.05, 0.1) is 5.69 Å². The Hall–Kier alpha value is -3.88. The second-order valence-electron chi connectivity index (χ2n) is 6.88. The highest BCUT2D eigenvalue weighted by atomic mass is 19.1. The molecule has 3 aromatic rings. The van der Waals surface area contributed by atoms with Crippen LogP contribution in [0.1, 0.15) is 12.8 Å². The Morgan fingerprint density at radius 2 is 1.90 bits per heavy atom. The van der Waals surface area contributed by atoms with Crippen molar-refractivity contribution in [3.05, 3.63) is 64.7 Å². The third-order valence-electron chi connectivity index (χ3n) is 5.30. The van der Waals surface area contributed by atoms with Gasteiger partial charge in [0.1, 0.15) is 5.82 Å². The molecule has 1 N–H and O–H groups in total. The van der Waals surface area contributed by atoms with Crippen molar-refractivity contribution in [3.63, 3.8) is 0 Å². The molecule has 144 valence electrons. The summed E-state index contributed by atoms with van der Waals surface area (Å²) in [5, 5.41) is 14.5. The molecule has 0 bridgehead atoms. The molecule has 5 rings (SSSR count). The lowest BCUT2D eigenvalue weighted by molar-refractivity contribution is -0.148. The van der Waals surface area contributed by atoms with Gasteiger partial charge in [-0.1, -0.05) is 30.3 Å². The van der Waals surface area contributed by atoms with Crippen LogP contribution in [0.25, 0.3) is 22.6 Å². The Morgan fingerprint density at radius 3 is 2.62 bits per heavy atom. The maximum absolute atomic E-state index is 14.0. The standard InChI is InChI=1S/C20H13FN4O4/c21-12-6-7-14-13(10-12)17-22-18(27)16(11-4-2-1-3-5-11)23-25(17)20(19(28)29)9-8-15(26)24(14)20/h1-7,10H,8-9H2,(H,28,29). The fourth-order valence-electron chi connectivity index (χ4n) is 4.02. The normalized spacial score (nSPS) is 19.5. The zero-order valence-electron chi connectivity index (χ0n) is 14.9. The number of halogens is 1. The predicted molar refractivity (Wildman–Crippen MR) is 99.5 cm³/mol. The van der Waals surface area contributed by atoms with Crippen molar-refractivity contribution < 1.29 is 19.1 Å². The topological polar surface area (TPSA) is 105 Å². The molecule has 8 nitrogen and oxygen atoms in total. The second kappa shape index (κ2) is 5.81. The van der Waals surface area contributed by atoms with E-state index in [1.807, 2.05) is 0 Å². The van der Waals surface area contributed by atoms with Crippen molar-refractivity contribution in [1.82, 2.24) is 14.8 Å². The van der Waals surface area contributed by atoms with E-state index in [2.05, 4.69) is 10.1 Å². The van der Waals surface area contributed by atoms with E-state index in [9.17, 15) is 23.9 Å². The zero-order valence-corrected chi connectivity index (χ0v) is 14.9. The zero-order chi connectivity index (χ0) is 20.3. The molecular weight excluding hydrogens is 379 g/mol. The van der Waals surface area contributed by atoms with E-state index >= 15 is 0 Å². The molecule has 1 fully saturated rings. The van der Waals surface area contributed by atoms with Crippen LogP contribution >= 0.6 is 0 Å². The van der Waals surface area contributed by atoms with Crippen LogP contribution in [0, 0.1) is 5.82 Å². The molecule has 3 heterocycles. The Kier molecular flexibility index (Phi) is 3.45. The summed E-state index contributed by atoms with van der Waals surface area (Å²) >= 11 is 0. The van der Waals surface area contributed by atoms with Crippen molar-refractivity contribution in [3.8, 4) is 22.6 Å². The summed E-state index contributed by atoms with van der Waals surface area (Å²) in [5.41, 5.74) is -1.80. The largest absolute Gasteiger partial charge is 0.478 e.